The first-order chi connectivity index (χ1) is 13.6. The van der Waals surface area contributed by atoms with Gasteiger partial charge in [0.25, 0.3) is 10.0 Å². The Balaban J connectivity index is 1.80. The number of carbonyl (C=O) groups is 2. The maximum Gasteiger partial charge on any atom is 0.336 e. The molecule has 0 aliphatic carbocycles. The second-order valence-corrected chi connectivity index (χ2v) is 7.72. The van der Waals surface area contributed by atoms with Gasteiger partial charge in [-0.1, -0.05) is 0 Å². The van der Waals surface area contributed by atoms with Gasteiger partial charge in [0.2, 0.25) is 5.91 Å². The van der Waals surface area contributed by atoms with Crippen molar-refractivity contribution in [1.29, 1.82) is 5.26 Å². The minimum absolute atomic E-state index is 0.0660. The second kappa shape index (κ2) is 7.40. The van der Waals surface area contributed by atoms with E-state index in [1.807, 2.05) is 0 Å². The van der Waals surface area contributed by atoms with Gasteiger partial charge in [-0.25, -0.2) is 26.3 Å². The molecule has 150 valence electrons. The Hall–Kier alpha value is -3.66. The first-order valence-corrected chi connectivity index (χ1v) is 9.44. The average Bonchev–Trinajstić information content (AvgIpc) is 2.67. The number of carbonyl (C=O) groups excluding carboxylic acids is 2. The predicted molar refractivity (Wildman–Crippen MR) is 92.6 cm³/mol. The lowest BCUT2D eigenvalue weighted by Crippen LogP contribution is -2.49. The van der Waals surface area contributed by atoms with Crippen LogP contribution >= 0.6 is 0 Å². The fourth-order valence-corrected chi connectivity index (χ4v) is 4.05. The van der Waals surface area contributed by atoms with E-state index in [0.717, 1.165) is 6.07 Å². The average molecular weight is 422 g/mol. The summed E-state index contributed by atoms with van der Waals surface area (Å²) in [6, 6.07) is 4.25. The van der Waals surface area contributed by atoms with Crippen LogP contribution < -0.4 is 10.6 Å². The molecule has 1 aromatic carbocycles. The van der Waals surface area contributed by atoms with E-state index in [9.17, 15) is 26.8 Å². The Bertz CT molecular complexity index is 1150. The van der Waals surface area contributed by atoms with Gasteiger partial charge in [0.15, 0.2) is 17.3 Å². The molecule has 1 aliphatic heterocycles. The fraction of sp³-hybridized carbons (Fsp3) is 0.188. The lowest BCUT2D eigenvalue weighted by Gasteiger charge is -2.28. The van der Waals surface area contributed by atoms with Crippen molar-refractivity contribution < 1.29 is 26.8 Å². The Labute approximate surface area is 163 Å². The monoisotopic (exact) mass is 422 g/mol. The quantitative estimate of drug-likeness (QED) is 0.749. The summed E-state index contributed by atoms with van der Waals surface area (Å²) in [5.41, 5.74) is -0.0789. The van der Waals surface area contributed by atoms with Gasteiger partial charge in [0, 0.05) is 0 Å². The first-order valence-electron chi connectivity index (χ1n) is 8.00. The SMILES string of the molecule is C[C@@H](NC(=O)CN1C(=O)Nc2ccc(F)c(F)c2S1(=O)=O)c1ccc(C#N)nn1. The summed E-state index contributed by atoms with van der Waals surface area (Å²) in [5, 5.41) is 20.6. The molecule has 1 atom stereocenters. The van der Waals surface area contributed by atoms with Crippen molar-refractivity contribution >= 4 is 27.6 Å². The lowest BCUT2D eigenvalue weighted by molar-refractivity contribution is -0.121. The number of amides is 3. The summed E-state index contributed by atoms with van der Waals surface area (Å²) in [6.45, 7) is 0.542. The third-order valence-corrected chi connectivity index (χ3v) is 5.76. The van der Waals surface area contributed by atoms with Crippen LogP contribution in [0, 0.1) is 23.0 Å². The third-order valence-electron chi connectivity index (χ3n) is 3.97. The lowest BCUT2D eigenvalue weighted by atomic mass is 10.2. The van der Waals surface area contributed by atoms with E-state index in [4.69, 9.17) is 5.26 Å². The normalized spacial score (nSPS) is 15.7. The van der Waals surface area contributed by atoms with Gasteiger partial charge in [0.05, 0.1) is 17.4 Å². The summed E-state index contributed by atoms with van der Waals surface area (Å²) < 4.78 is 52.8. The molecule has 13 heteroatoms. The molecule has 3 rings (SSSR count). The van der Waals surface area contributed by atoms with Crippen molar-refractivity contribution in [2.45, 2.75) is 17.9 Å². The molecule has 0 spiro atoms. The van der Waals surface area contributed by atoms with Crippen LogP contribution in [0.4, 0.5) is 19.3 Å². The highest BCUT2D eigenvalue weighted by molar-refractivity contribution is 7.90. The predicted octanol–water partition coefficient (Wildman–Crippen LogP) is 1.04. The number of rotatable bonds is 4. The van der Waals surface area contributed by atoms with Crippen molar-refractivity contribution in [2.75, 3.05) is 11.9 Å². The summed E-state index contributed by atoms with van der Waals surface area (Å²) in [7, 11) is -4.81. The van der Waals surface area contributed by atoms with Crippen LogP contribution in [0.3, 0.4) is 0 Å². The number of anilines is 1. The van der Waals surface area contributed by atoms with Crippen LogP contribution in [0.5, 0.6) is 0 Å². The van der Waals surface area contributed by atoms with E-state index in [2.05, 4.69) is 20.8 Å². The van der Waals surface area contributed by atoms with Gasteiger partial charge in [0.1, 0.15) is 17.5 Å². The minimum Gasteiger partial charge on any atom is -0.346 e. The zero-order valence-corrected chi connectivity index (χ0v) is 15.5. The number of urea groups is 1. The Kier molecular flexibility index (Phi) is 5.12. The van der Waals surface area contributed by atoms with Gasteiger partial charge in [-0.05, 0) is 31.2 Å². The van der Waals surface area contributed by atoms with Gasteiger partial charge < -0.3 is 10.6 Å². The maximum absolute atomic E-state index is 14.0. The summed E-state index contributed by atoms with van der Waals surface area (Å²) in [5.74, 6) is -3.97. The van der Waals surface area contributed by atoms with E-state index < -0.39 is 56.8 Å². The molecule has 0 saturated heterocycles. The number of halogens is 2. The van der Waals surface area contributed by atoms with Gasteiger partial charge in [-0.15, -0.1) is 5.10 Å². The molecular formula is C16H12F2N6O4S. The number of nitriles is 1. The smallest absolute Gasteiger partial charge is 0.336 e. The highest BCUT2D eigenvalue weighted by Crippen LogP contribution is 2.33. The van der Waals surface area contributed by atoms with Gasteiger partial charge in [-0.2, -0.15) is 10.4 Å². The fourth-order valence-electron chi connectivity index (χ4n) is 2.56. The molecule has 2 heterocycles. The van der Waals surface area contributed by atoms with E-state index in [-0.39, 0.29) is 15.7 Å². The number of aromatic nitrogens is 2. The molecule has 0 fully saturated rings. The topological polar surface area (TPSA) is 145 Å². The highest BCUT2D eigenvalue weighted by atomic mass is 32.2. The van der Waals surface area contributed by atoms with E-state index in [1.165, 1.54) is 19.1 Å². The van der Waals surface area contributed by atoms with Crippen molar-refractivity contribution in [3.05, 3.63) is 47.3 Å². The number of benzene rings is 1. The van der Waals surface area contributed by atoms with Crippen LogP contribution in [-0.4, -0.2) is 41.4 Å². The molecular weight excluding hydrogens is 410 g/mol. The molecule has 0 saturated carbocycles. The van der Waals surface area contributed by atoms with E-state index >= 15 is 0 Å². The minimum atomic E-state index is -4.81. The molecule has 2 N–H and O–H groups in total. The maximum atomic E-state index is 14.0. The molecule has 0 unspecified atom stereocenters. The van der Waals surface area contributed by atoms with Crippen LogP contribution in [0.15, 0.2) is 29.2 Å². The number of hydrogen-bond donors (Lipinski definition) is 2. The summed E-state index contributed by atoms with van der Waals surface area (Å²) >= 11 is 0. The molecule has 10 nitrogen and oxygen atoms in total. The summed E-state index contributed by atoms with van der Waals surface area (Å²) in [4.78, 5) is 23.3. The third kappa shape index (κ3) is 3.69. The largest absolute Gasteiger partial charge is 0.346 e. The van der Waals surface area contributed by atoms with Gasteiger partial charge >= 0.3 is 6.03 Å². The zero-order chi connectivity index (χ0) is 21.3. The Morgan fingerprint density at radius 1 is 1.31 bits per heavy atom. The van der Waals surface area contributed by atoms with Crippen LogP contribution in [0.25, 0.3) is 0 Å². The second-order valence-electron chi connectivity index (χ2n) is 5.92. The Morgan fingerprint density at radius 2 is 2.03 bits per heavy atom. The molecule has 1 aromatic heterocycles. The van der Waals surface area contributed by atoms with Crippen LogP contribution in [0.1, 0.15) is 24.4 Å². The van der Waals surface area contributed by atoms with E-state index in [0.29, 0.717) is 6.07 Å². The number of nitrogens with one attached hydrogen (secondary N) is 2. The Morgan fingerprint density at radius 3 is 2.66 bits per heavy atom. The number of sulfonamides is 1. The van der Waals surface area contributed by atoms with Crippen molar-refractivity contribution in [3.63, 3.8) is 0 Å². The van der Waals surface area contributed by atoms with Crippen molar-refractivity contribution in [2.24, 2.45) is 0 Å². The standard InChI is InChI=1S/C16H12F2N6O4S/c1-8(11-4-2-9(6-19)22-23-11)20-13(25)7-24-16(26)21-12-5-3-10(17)14(18)15(12)29(24,27)28/h2-5,8H,7H2,1H3,(H,20,25)(H,21,26)/t8-/m1/s1. The molecule has 2 aromatic rings. The number of nitrogens with zero attached hydrogens (tertiary/aromatic N) is 4. The number of fused-ring (bicyclic) bond motifs is 1. The highest BCUT2D eigenvalue weighted by Gasteiger charge is 2.41. The van der Waals surface area contributed by atoms with Crippen molar-refractivity contribution in [1.82, 2.24) is 19.8 Å². The zero-order valence-electron chi connectivity index (χ0n) is 14.7. The summed E-state index contributed by atoms with van der Waals surface area (Å²) in [6.07, 6.45) is 0. The van der Waals surface area contributed by atoms with Gasteiger partial charge in [-0.3, -0.25) is 4.79 Å². The molecule has 29 heavy (non-hydrogen) atoms. The molecule has 0 bridgehead atoms. The first kappa shape index (κ1) is 20.1. The van der Waals surface area contributed by atoms with Crippen molar-refractivity contribution in [3.8, 4) is 6.07 Å². The molecule has 3 amide bonds. The van der Waals surface area contributed by atoms with Crippen LogP contribution in [0.2, 0.25) is 0 Å². The molecule has 1 aliphatic rings. The van der Waals surface area contributed by atoms with Crippen LogP contribution in [-0.2, 0) is 14.8 Å². The number of hydrogen-bond acceptors (Lipinski definition) is 7. The molecule has 0 radical (unpaired) electrons. The van der Waals surface area contributed by atoms with E-state index in [1.54, 1.807) is 6.07 Å².